The molecule has 4 unspecified atom stereocenters. The molecule has 0 spiro atoms. The summed E-state index contributed by atoms with van der Waals surface area (Å²) >= 11 is 0. The monoisotopic (exact) mass is 565 g/mol. The van der Waals surface area contributed by atoms with E-state index < -0.39 is 58.0 Å². The minimum atomic E-state index is -2.69. The maximum Gasteiger partial charge on any atom is 0.255 e. The minimum absolute atomic E-state index is 0.00172. The highest BCUT2D eigenvalue weighted by Gasteiger charge is 2.64. The van der Waals surface area contributed by atoms with Crippen LogP contribution >= 0.6 is 0 Å². The van der Waals surface area contributed by atoms with Crippen molar-refractivity contribution in [2.24, 2.45) is 17.6 Å². The summed E-state index contributed by atoms with van der Waals surface area (Å²) in [5.41, 5.74) is 3.53. The van der Waals surface area contributed by atoms with Crippen LogP contribution in [0.1, 0.15) is 43.0 Å². The molecular formula is C29H31N3O9. The minimum Gasteiger partial charge on any atom is -0.508 e. The van der Waals surface area contributed by atoms with Crippen LogP contribution in [0.15, 0.2) is 39.6 Å². The number of nitrogens with zero attached hydrogens (tertiary/aromatic N) is 2. The average molecular weight is 566 g/mol. The Hall–Kier alpha value is -4.00. The summed E-state index contributed by atoms with van der Waals surface area (Å²) in [6, 6.07) is 3.65. The Bertz CT molecular complexity index is 1550. The summed E-state index contributed by atoms with van der Waals surface area (Å²) in [6.45, 7) is 5.12. The normalized spacial score (nSPS) is 28.5. The van der Waals surface area contributed by atoms with Gasteiger partial charge in [-0.3, -0.25) is 19.3 Å². The van der Waals surface area contributed by atoms with Gasteiger partial charge < -0.3 is 35.4 Å². The van der Waals surface area contributed by atoms with E-state index in [2.05, 4.69) is 5.16 Å². The molecule has 41 heavy (non-hydrogen) atoms. The van der Waals surface area contributed by atoms with Gasteiger partial charge >= 0.3 is 0 Å². The van der Waals surface area contributed by atoms with Gasteiger partial charge in [0.05, 0.1) is 30.5 Å². The van der Waals surface area contributed by atoms with E-state index in [9.17, 15) is 34.8 Å². The Morgan fingerprint density at radius 3 is 2.51 bits per heavy atom. The molecule has 216 valence electrons. The van der Waals surface area contributed by atoms with Crippen LogP contribution < -0.4 is 5.73 Å². The van der Waals surface area contributed by atoms with Crippen LogP contribution in [0.25, 0.3) is 17.1 Å². The molecule has 1 amide bonds. The summed E-state index contributed by atoms with van der Waals surface area (Å²) in [5, 5.41) is 49.4. The second-order valence-corrected chi connectivity index (χ2v) is 11.4. The number of hydrogen-bond acceptors (Lipinski definition) is 11. The maximum atomic E-state index is 14.1. The van der Waals surface area contributed by atoms with Gasteiger partial charge in [0.1, 0.15) is 22.8 Å². The average Bonchev–Trinajstić information content (AvgIpc) is 3.42. The largest absolute Gasteiger partial charge is 0.508 e. The van der Waals surface area contributed by atoms with E-state index in [1.165, 1.54) is 6.07 Å². The Morgan fingerprint density at radius 1 is 1.17 bits per heavy atom. The fraction of sp³-hybridized carbons (Fsp3) is 0.448. The van der Waals surface area contributed by atoms with Crippen LogP contribution in [-0.4, -0.2) is 85.9 Å². The second-order valence-electron chi connectivity index (χ2n) is 11.4. The van der Waals surface area contributed by atoms with Crippen LogP contribution in [0.4, 0.5) is 0 Å². The lowest BCUT2D eigenvalue weighted by atomic mass is 9.57. The molecule has 1 aliphatic heterocycles. The van der Waals surface area contributed by atoms with Crippen molar-refractivity contribution >= 4 is 23.2 Å². The van der Waals surface area contributed by atoms with Crippen LogP contribution in [0, 0.1) is 11.8 Å². The fourth-order valence-electron chi connectivity index (χ4n) is 6.84. The van der Waals surface area contributed by atoms with Gasteiger partial charge in [-0.15, -0.1) is 0 Å². The molecule has 0 bridgehead atoms. The Morgan fingerprint density at radius 2 is 1.88 bits per heavy atom. The number of carbonyl (C=O) groups is 3. The van der Waals surface area contributed by atoms with Gasteiger partial charge in [-0.1, -0.05) is 19.0 Å². The molecule has 4 aliphatic rings. The summed E-state index contributed by atoms with van der Waals surface area (Å²) in [4.78, 5) is 41.8. The second kappa shape index (κ2) is 9.54. The molecule has 3 aliphatic carbocycles. The van der Waals surface area contributed by atoms with Gasteiger partial charge in [0.15, 0.2) is 17.1 Å². The predicted octanol–water partition coefficient (Wildman–Crippen LogP) is 1.51. The molecule has 1 aromatic carbocycles. The molecule has 6 N–H and O–H groups in total. The van der Waals surface area contributed by atoms with E-state index in [1.54, 1.807) is 17.0 Å². The number of aliphatic hydroxyl groups excluding tert-OH is 2. The predicted molar refractivity (Wildman–Crippen MR) is 143 cm³/mol. The molecule has 1 aromatic heterocycles. The number of carbonyl (C=O) groups excluding carboxylic acids is 3. The lowest BCUT2D eigenvalue weighted by molar-refractivity contribution is -0.157. The summed E-state index contributed by atoms with van der Waals surface area (Å²) in [6.07, 6.45) is 0.166. The van der Waals surface area contributed by atoms with Crippen molar-refractivity contribution in [3.8, 4) is 17.1 Å². The highest BCUT2D eigenvalue weighted by Crippen LogP contribution is 2.54. The number of phenolic OH excluding ortho intramolecular Hbond substituents is 1. The van der Waals surface area contributed by atoms with E-state index in [1.807, 2.05) is 13.8 Å². The molecule has 1 saturated heterocycles. The number of amides is 1. The lowest BCUT2D eigenvalue weighted by Gasteiger charge is -2.51. The number of ketones is 2. The van der Waals surface area contributed by atoms with E-state index in [0.29, 0.717) is 43.2 Å². The number of aromatic hydroxyl groups is 1. The van der Waals surface area contributed by atoms with Gasteiger partial charge in [0.2, 0.25) is 5.78 Å². The molecule has 0 radical (unpaired) electrons. The zero-order valence-electron chi connectivity index (χ0n) is 22.6. The van der Waals surface area contributed by atoms with Gasteiger partial charge in [-0.05, 0) is 42.4 Å². The SMILES string of the molecule is CC(C)c1cc(-c2ccc(O)c3c2CC2CC4C(N5CCOCC5)C(=O)C(C(N)=O)=C(O)C4(O)C(=O)C2=C3O)on1. The first kappa shape index (κ1) is 27.2. The van der Waals surface area contributed by atoms with Crippen molar-refractivity contribution in [3.63, 3.8) is 0 Å². The quantitative estimate of drug-likeness (QED) is 0.337. The van der Waals surface area contributed by atoms with Gasteiger partial charge in [-0.25, -0.2) is 0 Å². The van der Waals surface area contributed by atoms with Crippen molar-refractivity contribution < 1.29 is 44.1 Å². The molecule has 12 nitrogen and oxygen atoms in total. The Balaban J connectivity index is 1.52. The molecule has 1 saturated carbocycles. The van der Waals surface area contributed by atoms with Crippen LogP contribution in [0.2, 0.25) is 0 Å². The summed E-state index contributed by atoms with van der Waals surface area (Å²) in [5.74, 6) is -6.35. The lowest BCUT2D eigenvalue weighted by Crippen LogP contribution is -2.67. The summed E-state index contributed by atoms with van der Waals surface area (Å²) < 4.78 is 11.0. The third-order valence-corrected chi connectivity index (χ3v) is 8.87. The van der Waals surface area contributed by atoms with Crippen molar-refractivity contribution in [1.82, 2.24) is 10.1 Å². The number of morpholine rings is 1. The van der Waals surface area contributed by atoms with Gasteiger partial charge in [0.25, 0.3) is 5.91 Å². The highest BCUT2D eigenvalue weighted by atomic mass is 16.5. The number of rotatable bonds is 4. The van der Waals surface area contributed by atoms with Crippen molar-refractivity contribution in [3.05, 3.63) is 51.9 Å². The van der Waals surface area contributed by atoms with Crippen molar-refractivity contribution in [2.45, 2.75) is 44.2 Å². The zero-order valence-corrected chi connectivity index (χ0v) is 22.6. The standard InChI is InChI=1S/C29H31N3O9/c1-12(2)17-11-19(41-31-17)14-3-4-18(33)21-15(14)9-13-10-16-23(32-5-7-40-8-6-32)25(35)22(28(30)38)27(37)29(16,39)26(36)20(13)24(21)34/h3-4,11-13,16,23,33-34,37,39H,5-10H2,1-2H3,(H2,30,38). The Kier molecular flexibility index (Phi) is 6.32. The number of ether oxygens (including phenoxy) is 1. The zero-order chi connectivity index (χ0) is 29.4. The van der Waals surface area contributed by atoms with E-state index in [4.69, 9.17) is 15.0 Å². The van der Waals surface area contributed by atoms with Crippen LogP contribution in [-0.2, 0) is 25.5 Å². The molecular weight excluding hydrogens is 534 g/mol. The number of Topliss-reactive ketones (excluding diaryl/α,β-unsaturated/α-hetero) is 2. The number of primary amides is 1. The molecule has 2 fully saturated rings. The molecule has 12 heteroatoms. The topological polar surface area (TPSA) is 197 Å². The van der Waals surface area contributed by atoms with Crippen molar-refractivity contribution in [1.29, 1.82) is 0 Å². The fourth-order valence-corrected chi connectivity index (χ4v) is 6.84. The first-order chi connectivity index (χ1) is 19.5. The third-order valence-electron chi connectivity index (χ3n) is 8.87. The van der Waals surface area contributed by atoms with E-state index in [0.717, 1.165) is 5.69 Å². The smallest absolute Gasteiger partial charge is 0.255 e. The van der Waals surface area contributed by atoms with Gasteiger partial charge in [-0.2, -0.15) is 0 Å². The number of nitrogens with two attached hydrogens (primary N) is 1. The van der Waals surface area contributed by atoms with E-state index in [-0.39, 0.29) is 35.6 Å². The molecule has 2 aromatic rings. The first-order valence-electron chi connectivity index (χ1n) is 13.6. The molecule has 4 atom stereocenters. The highest BCUT2D eigenvalue weighted by molar-refractivity contribution is 6.24. The number of aliphatic hydroxyl groups is 3. The van der Waals surface area contributed by atoms with Crippen LogP contribution in [0.5, 0.6) is 5.75 Å². The Labute approximate surface area is 234 Å². The summed E-state index contributed by atoms with van der Waals surface area (Å²) in [7, 11) is 0. The first-order valence-corrected chi connectivity index (χ1v) is 13.6. The number of phenols is 1. The molecule has 2 heterocycles. The third kappa shape index (κ3) is 3.85. The number of fused-ring (bicyclic) bond motifs is 3. The van der Waals surface area contributed by atoms with E-state index >= 15 is 0 Å². The maximum absolute atomic E-state index is 14.1. The number of benzene rings is 1. The number of hydrogen-bond donors (Lipinski definition) is 5. The molecule has 6 rings (SSSR count). The van der Waals surface area contributed by atoms with Crippen LogP contribution in [0.3, 0.4) is 0 Å². The van der Waals surface area contributed by atoms with Gasteiger partial charge in [0, 0.05) is 36.2 Å². The van der Waals surface area contributed by atoms with Crippen molar-refractivity contribution in [2.75, 3.05) is 26.3 Å². The number of aromatic nitrogens is 1.